The maximum Gasteiger partial charge on any atom is 0.412 e. The fourth-order valence-electron chi connectivity index (χ4n) is 5.79. The van der Waals surface area contributed by atoms with E-state index in [0.717, 1.165) is 77.2 Å². The zero-order valence-corrected chi connectivity index (χ0v) is 24.4. The van der Waals surface area contributed by atoms with E-state index >= 15 is 0 Å². The number of rotatable bonds is 6. The minimum Gasteiger partial charge on any atom is -0.506 e. The zero-order chi connectivity index (χ0) is 30.0. The molecule has 0 atom stereocenters. The van der Waals surface area contributed by atoms with Gasteiger partial charge in [-0.3, -0.25) is 10.2 Å². The van der Waals surface area contributed by atoms with Crippen molar-refractivity contribution in [3.05, 3.63) is 108 Å². The average Bonchev–Trinajstić information content (AvgIpc) is 3.44. The van der Waals surface area contributed by atoms with E-state index in [-0.39, 0.29) is 11.9 Å². The van der Waals surface area contributed by atoms with Crippen LogP contribution in [0, 0.1) is 6.92 Å². The van der Waals surface area contributed by atoms with Crippen LogP contribution in [0.2, 0.25) is 0 Å². The molecule has 1 fully saturated rings. The van der Waals surface area contributed by atoms with Gasteiger partial charge in [-0.05, 0) is 49.1 Å². The van der Waals surface area contributed by atoms with Crippen LogP contribution in [0.4, 0.5) is 10.5 Å². The smallest absolute Gasteiger partial charge is 0.412 e. The van der Waals surface area contributed by atoms with E-state index in [4.69, 9.17) is 9.72 Å². The van der Waals surface area contributed by atoms with E-state index in [9.17, 15) is 9.90 Å². The summed E-state index contributed by atoms with van der Waals surface area (Å²) in [7, 11) is 0. The number of pyridine rings is 1. The van der Waals surface area contributed by atoms with Crippen LogP contribution in [-0.4, -0.2) is 54.9 Å². The van der Waals surface area contributed by atoms with Gasteiger partial charge in [0.2, 0.25) is 0 Å². The predicted molar refractivity (Wildman–Crippen MR) is 170 cm³/mol. The molecule has 7 rings (SSSR count). The molecule has 0 aliphatic carbocycles. The second kappa shape index (κ2) is 11.8. The first-order valence-electron chi connectivity index (χ1n) is 14.8. The minimum atomic E-state index is -0.544. The molecule has 1 amide bonds. The van der Waals surface area contributed by atoms with Crippen LogP contribution < -0.4 is 5.32 Å². The number of aromatic nitrogens is 4. The first-order valence-corrected chi connectivity index (χ1v) is 14.8. The number of piperidine rings is 1. The molecule has 3 aromatic heterocycles. The van der Waals surface area contributed by atoms with Crippen molar-refractivity contribution in [1.29, 1.82) is 0 Å². The third-order valence-electron chi connectivity index (χ3n) is 8.05. The van der Waals surface area contributed by atoms with Crippen LogP contribution in [-0.2, 0) is 11.3 Å². The number of aryl methyl sites for hydroxylation is 1. The summed E-state index contributed by atoms with van der Waals surface area (Å²) in [6, 6.07) is 29.6. The van der Waals surface area contributed by atoms with Gasteiger partial charge in [0.05, 0.1) is 17.1 Å². The molecule has 44 heavy (non-hydrogen) atoms. The number of amides is 1. The van der Waals surface area contributed by atoms with Crippen LogP contribution in [0.5, 0.6) is 5.75 Å². The van der Waals surface area contributed by atoms with E-state index in [1.807, 2.05) is 41.9 Å². The Bertz CT molecular complexity index is 1950. The third-order valence-corrected chi connectivity index (χ3v) is 8.05. The van der Waals surface area contributed by atoms with Gasteiger partial charge >= 0.3 is 6.09 Å². The van der Waals surface area contributed by atoms with E-state index in [1.165, 1.54) is 11.6 Å². The summed E-state index contributed by atoms with van der Waals surface area (Å²) < 4.78 is 7.43. The molecule has 220 valence electrons. The Labute approximate surface area is 254 Å². The normalized spacial score (nSPS) is 14.2. The molecule has 1 aliphatic heterocycles. The van der Waals surface area contributed by atoms with Gasteiger partial charge in [0.15, 0.2) is 11.3 Å². The Morgan fingerprint density at radius 1 is 0.955 bits per heavy atom. The number of hydrogen-bond donors (Lipinski definition) is 2. The highest BCUT2D eigenvalue weighted by Gasteiger charge is 2.23. The van der Waals surface area contributed by atoms with Gasteiger partial charge in [0.25, 0.3) is 0 Å². The van der Waals surface area contributed by atoms with Crippen molar-refractivity contribution in [2.75, 3.05) is 18.4 Å². The number of phenolic OH excluding ortho intramolecular Hbond substituents is 1. The molecule has 4 heterocycles. The maximum atomic E-state index is 12.3. The molecule has 0 radical (unpaired) electrons. The Balaban J connectivity index is 1.06. The highest BCUT2D eigenvalue weighted by Crippen LogP contribution is 2.34. The number of aromatic hydroxyl groups is 1. The lowest BCUT2D eigenvalue weighted by atomic mass is 9.97. The molecule has 0 saturated carbocycles. The van der Waals surface area contributed by atoms with Crippen molar-refractivity contribution >= 4 is 28.5 Å². The molecule has 0 spiro atoms. The molecule has 2 N–H and O–H groups in total. The van der Waals surface area contributed by atoms with Crippen LogP contribution in [0.1, 0.15) is 24.1 Å². The Morgan fingerprint density at radius 2 is 1.70 bits per heavy atom. The largest absolute Gasteiger partial charge is 0.506 e. The van der Waals surface area contributed by atoms with Gasteiger partial charge in [-0.1, -0.05) is 66.7 Å². The zero-order valence-electron chi connectivity index (χ0n) is 24.4. The summed E-state index contributed by atoms with van der Waals surface area (Å²) in [6.45, 7) is 4.43. The maximum absolute atomic E-state index is 12.3. The monoisotopic (exact) mass is 584 g/mol. The first-order chi connectivity index (χ1) is 21.5. The van der Waals surface area contributed by atoms with Gasteiger partial charge in [0, 0.05) is 48.4 Å². The Morgan fingerprint density at radius 3 is 2.48 bits per heavy atom. The van der Waals surface area contributed by atoms with E-state index < -0.39 is 6.09 Å². The Hall–Kier alpha value is -5.28. The van der Waals surface area contributed by atoms with Crippen molar-refractivity contribution in [1.82, 2.24) is 24.5 Å². The number of carbonyl (C=O) groups excluding carboxylic acids is 1. The summed E-state index contributed by atoms with van der Waals surface area (Å²) in [5.41, 5.74) is 8.08. The van der Waals surface area contributed by atoms with Crippen LogP contribution in [0.25, 0.3) is 39.1 Å². The van der Waals surface area contributed by atoms with E-state index in [2.05, 4.69) is 62.8 Å². The number of hydrogen-bond acceptors (Lipinski definition) is 7. The van der Waals surface area contributed by atoms with Gasteiger partial charge in [-0.15, -0.1) is 0 Å². The lowest BCUT2D eigenvalue weighted by molar-refractivity contribution is 0.0566. The number of ether oxygens (including phenoxy) is 1. The molecular weight excluding hydrogens is 552 g/mol. The van der Waals surface area contributed by atoms with Crippen molar-refractivity contribution in [3.8, 4) is 28.1 Å². The lowest BCUT2D eigenvalue weighted by Crippen LogP contribution is -2.38. The summed E-state index contributed by atoms with van der Waals surface area (Å²) in [4.78, 5) is 24.5. The van der Waals surface area contributed by atoms with Crippen molar-refractivity contribution in [2.45, 2.75) is 32.4 Å². The molecule has 6 aromatic rings. The summed E-state index contributed by atoms with van der Waals surface area (Å²) in [5, 5.41) is 18.1. The quantitative estimate of drug-likeness (QED) is 0.207. The second-order valence-corrected chi connectivity index (χ2v) is 11.2. The molecule has 1 saturated heterocycles. The van der Waals surface area contributed by atoms with Gasteiger partial charge in [0.1, 0.15) is 11.9 Å². The van der Waals surface area contributed by atoms with E-state index in [0.29, 0.717) is 5.69 Å². The van der Waals surface area contributed by atoms with Crippen molar-refractivity contribution < 1.29 is 14.6 Å². The topological polar surface area (TPSA) is 105 Å². The minimum absolute atomic E-state index is 0.0144. The number of phenols is 1. The number of nitrogens with zero attached hydrogens (tertiary/aromatic N) is 5. The lowest BCUT2D eigenvalue weighted by Gasteiger charge is -2.31. The predicted octanol–water partition coefficient (Wildman–Crippen LogP) is 6.84. The van der Waals surface area contributed by atoms with Crippen molar-refractivity contribution in [3.63, 3.8) is 0 Å². The molecule has 3 aromatic carbocycles. The number of nitrogens with one attached hydrogen (secondary N) is 1. The molecule has 9 nitrogen and oxygen atoms in total. The van der Waals surface area contributed by atoms with Crippen LogP contribution in [0.15, 0.2) is 97.2 Å². The summed E-state index contributed by atoms with van der Waals surface area (Å²) in [6.07, 6.45) is 2.67. The van der Waals surface area contributed by atoms with Crippen molar-refractivity contribution in [2.24, 2.45) is 0 Å². The SMILES string of the molecule is Cc1cc2ncc3cc(-c4ccccc4)c(-c4ccc(CN5CCC(OC(=O)Nc6ccccc6O)CC5)cc4)nc3n2n1. The second-order valence-electron chi connectivity index (χ2n) is 11.2. The molecule has 1 aliphatic rings. The number of para-hydroxylation sites is 2. The van der Waals surface area contributed by atoms with Gasteiger partial charge < -0.3 is 9.84 Å². The number of carbonyl (C=O) groups is 1. The molecule has 0 unspecified atom stereocenters. The number of likely N-dealkylation sites (tertiary alicyclic amines) is 1. The van der Waals surface area contributed by atoms with E-state index in [1.54, 1.807) is 18.2 Å². The highest BCUT2D eigenvalue weighted by atomic mass is 16.6. The van der Waals surface area contributed by atoms with Gasteiger partial charge in [-0.25, -0.2) is 14.8 Å². The fraction of sp³-hybridized carbons (Fsp3) is 0.200. The highest BCUT2D eigenvalue weighted by molar-refractivity contribution is 5.90. The third kappa shape index (κ3) is 5.69. The Kier molecular flexibility index (Phi) is 7.37. The summed E-state index contributed by atoms with van der Waals surface area (Å²) in [5.74, 6) is 0.0144. The average molecular weight is 585 g/mol. The fourth-order valence-corrected chi connectivity index (χ4v) is 5.79. The summed E-state index contributed by atoms with van der Waals surface area (Å²) >= 11 is 0. The van der Waals surface area contributed by atoms with Crippen LogP contribution >= 0.6 is 0 Å². The standard InChI is InChI=1S/C35H32N6O3/c1-23-19-32-36-21-27-20-29(25-7-3-2-4-8-25)33(38-34(27)41(32)39-23)26-13-11-24(12-14-26)22-40-17-15-28(16-18-40)44-35(43)37-30-9-5-6-10-31(30)42/h2-14,19-21,28,42H,15-18,22H2,1H3,(H,37,43). The molecule has 0 bridgehead atoms. The number of anilines is 1. The first kappa shape index (κ1) is 27.5. The number of fused-ring (bicyclic) bond motifs is 3. The number of benzene rings is 3. The van der Waals surface area contributed by atoms with Crippen LogP contribution in [0.3, 0.4) is 0 Å². The van der Waals surface area contributed by atoms with Gasteiger partial charge in [-0.2, -0.15) is 9.61 Å². The molecule has 9 heteroatoms. The molecular formula is C35H32N6O3.